The fourth-order valence-corrected chi connectivity index (χ4v) is 6.19. The second-order valence-corrected chi connectivity index (χ2v) is 11.2. The van der Waals surface area contributed by atoms with Crippen molar-refractivity contribution in [2.75, 3.05) is 38.7 Å². The molecule has 40 heavy (non-hydrogen) atoms. The van der Waals surface area contributed by atoms with E-state index in [2.05, 4.69) is 39.1 Å². The average molecular weight is 546 g/mol. The van der Waals surface area contributed by atoms with Crippen LogP contribution >= 0.6 is 0 Å². The van der Waals surface area contributed by atoms with Gasteiger partial charge in [-0.05, 0) is 64.1 Å². The molecule has 3 aliphatic rings. The summed E-state index contributed by atoms with van der Waals surface area (Å²) in [5, 5.41) is 3.59. The van der Waals surface area contributed by atoms with Gasteiger partial charge in [-0.15, -0.1) is 0 Å². The predicted octanol–water partition coefficient (Wildman–Crippen LogP) is 4.05. The minimum Gasteiger partial charge on any atom is -0.491 e. The standard InChI is InChI=1S/C30H39N7O3/c1-3-13-39-19-27-32-16-20(17-33-27)23-8-9-24-28-29(23)40-14-5-7-22-6-4-11-37(22)30(38)25-15-21(10-12-36(25)2)34-26(35-28)18-31-24/h8-9,16-18,21-22,25H,3-7,10-15,19H2,1-2H3,(H,34,35)/t21-,22?,25-/m0/s1. The summed E-state index contributed by atoms with van der Waals surface area (Å²) in [6.07, 6.45) is 12.0. The van der Waals surface area contributed by atoms with E-state index < -0.39 is 0 Å². The van der Waals surface area contributed by atoms with E-state index in [0.29, 0.717) is 37.2 Å². The number of likely N-dealkylation sites (tertiary alicyclic amines) is 1. The smallest absolute Gasteiger partial charge is 0.240 e. The van der Waals surface area contributed by atoms with Crippen molar-refractivity contribution in [3.8, 4) is 16.9 Å². The van der Waals surface area contributed by atoms with Crippen LogP contribution in [0.15, 0.2) is 30.7 Å². The molecule has 3 aromatic rings. The summed E-state index contributed by atoms with van der Waals surface area (Å²) < 4.78 is 12.1. The van der Waals surface area contributed by atoms with Crippen LogP contribution in [0.25, 0.3) is 22.2 Å². The van der Waals surface area contributed by atoms with Crippen molar-refractivity contribution in [3.05, 3.63) is 36.5 Å². The third-order valence-electron chi connectivity index (χ3n) is 8.36. The Morgan fingerprint density at radius 3 is 2.77 bits per heavy atom. The Labute approximate surface area is 235 Å². The second-order valence-electron chi connectivity index (χ2n) is 11.2. The number of anilines is 1. The van der Waals surface area contributed by atoms with E-state index in [1.54, 1.807) is 6.20 Å². The number of benzene rings is 1. The highest BCUT2D eigenvalue weighted by atomic mass is 16.5. The lowest BCUT2D eigenvalue weighted by atomic mass is 9.96. The van der Waals surface area contributed by atoms with E-state index in [9.17, 15) is 4.79 Å². The van der Waals surface area contributed by atoms with Gasteiger partial charge in [0.15, 0.2) is 11.6 Å². The van der Waals surface area contributed by atoms with Crippen LogP contribution in [0.3, 0.4) is 0 Å². The van der Waals surface area contributed by atoms with Crippen LogP contribution in [-0.2, 0) is 16.1 Å². The molecule has 4 bridgehead atoms. The molecule has 1 N–H and O–H groups in total. The van der Waals surface area contributed by atoms with Crippen molar-refractivity contribution in [1.82, 2.24) is 29.7 Å². The predicted molar refractivity (Wildman–Crippen MR) is 153 cm³/mol. The van der Waals surface area contributed by atoms with Crippen LogP contribution in [0.2, 0.25) is 0 Å². The number of rotatable bonds is 5. The van der Waals surface area contributed by atoms with E-state index in [0.717, 1.165) is 80.2 Å². The Morgan fingerprint density at radius 2 is 1.93 bits per heavy atom. The summed E-state index contributed by atoms with van der Waals surface area (Å²) in [5.41, 5.74) is 3.24. The molecule has 212 valence electrons. The van der Waals surface area contributed by atoms with Crippen LogP contribution in [0, 0.1) is 0 Å². The number of aromatic nitrogens is 4. The van der Waals surface area contributed by atoms with Crippen LogP contribution in [0.1, 0.15) is 57.7 Å². The fraction of sp³-hybridized carbons (Fsp3) is 0.567. The van der Waals surface area contributed by atoms with Crippen molar-refractivity contribution >= 4 is 22.8 Å². The number of fused-ring (bicyclic) bond motifs is 4. The topological polar surface area (TPSA) is 106 Å². The molecule has 0 spiro atoms. The Balaban J connectivity index is 1.34. The number of carbonyl (C=O) groups is 1. The monoisotopic (exact) mass is 545 g/mol. The van der Waals surface area contributed by atoms with Gasteiger partial charge in [-0.3, -0.25) is 14.7 Å². The molecule has 6 rings (SSSR count). The lowest BCUT2D eigenvalue weighted by Gasteiger charge is -2.39. The van der Waals surface area contributed by atoms with Crippen molar-refractivity contribution in [2.45, 2.75) is 76.6 Å². The van der Waals surface area contributed by atoms with E-state index in [1.165, 1.54) is 0 Å². The summed E-state index contributed by atoms with van der Waals surface area (Å²) >= 11 is 0. The zero-order valence-electron chi connectivity index (χ0n) is 23.5. The number of likely N-dealkylation sites (N-methyl/N-ethyl adjacent to an activating group) is 1. The number of nitrogens with zero attached hydrogens (tertiary/aromatic N) is 6. The number of amides is 1. The third kappa shape index (κ3) is 5.60. The molecule has 3 aliphatic heterocycles. The van der Waals surface area contributed by atoms with Crippen molar-refractivity contribution < 1.29 is 14.3 Å². The Hall–Kier alpha value is -3.37. The van der Waals surface area contributed by atoms with Crippen LogP contribution in [0.5, 0.6) is 5.75 Å². The first kappa shape index (κ1) is 26.8. The molecule has 10 nitrogen and oxygen atoms in total. The van der Waals surface area contributed by atoms with Crippen molar-refractivity contribution in [1.29, 1.82) is 0 Å². The van der Waals surface area contributed by atoms with Crippen molar-refractivity contribution in [2.24, 2.45) is 0 Å². The maximum Gasteiger partial charge on any atom is 0.240 e. The van der Waals surface area contributed by atoms with Gasteiger partial charge in [-0.25, -0.2) is 15.0 Å². The third-order valence-corrected chi connectivity index (χ3v) is 8.36. The molecule has 1 amide bonds. The quantitative estimate of drug-likeness (QED) is 0.475. The molecular weight excluding hydrogens is 506 g/mol. The van der Waals surface area contributed by atoms with Gasteiger partial charge < -0.3 is 19.7 Å². The van der Waals surface area contributed by atoms with Gasteiger partial charge in [-0.1, -0.05) is 6.92 Å². The molecule has 1 aromatic carbocycles. The number of carbonyl (C=O) groups excluding carboxylic acids is 1. The Morgan fingerprint density at radius 1 is 1.07 bits per heavy atom. The minimum absolute atomic E-state index is 0.112. The fourth-order valence-electron chi connectivity index (χ4n) is 6.19. The number of hydrogen-bond acceptors (Lipinski definition) is 9. The van der Waals surface area contributed by atoms with Crippen LogP contribution in [0.4, 0.5) is 5.82 Å². The summed E-state index contributed by atoms with van der Waals surface area (Å²) in [6.45, 7) is 5.41. The molecule has 0 saturated carbocycles. The SMILES string of the molecule is CCCOCc1ncc(-c2ccc3ncc4nc3c2OCCCC2CCCN2C(=O)[C@@H]2C[C@H](CCN2C)N4)cn1. The molecule has 10 heteroatoms. The zero-order valence-corrected chi connectivity index (χ0v) is 23.5. The van der Waals surface area contributed by atoms with Gasteiger partial charge >= 0.3 is 0 Å². The first-order chi connectivity index (χ1) is 19.6. The molecule has 3 atom stereocenters. The molecule has 5 heterocycles. The molecule has 0 aliphatic carbocycles. The van der Waals surface area contributed by atoms with Gasteiger partial charge in [0.1, 0.15) is 17.9 Å². The maximum absolute atomic E-state index is 13.7. The number of piperidine rings is 1. The lowest BCUT2D eigenvalue weighted by molar-refractivity contribution is -0.138. The summed E-state index contributed by atoms with van der Waals surface area (Å²) in [5.74, 6) is 2.32. The molecule has 2 saturated heterocycles. The molecule has 1 unspecified atom stereocenters. The Kier molecular flexibility index (Phi) is 8.06. The highest BCUT2D eigenvalue weighted by molar-refractivity contribution is 5.90. The summed E-state index contributed by atoms with van der Waals surface area (Å²) in [4.78, 5) is 36.8. The van der Waals surface area contributed by atoms with Gasteiger partial charge in [0.05, 0.1) is 24.4 Å². The van der Waals surface area contributed by atoms with Crippen LogP contribution in [-0.4, -0.2) is 87.1 Å². The first-order valence-electron chi connectivity index (χ1n) is 14.7. The molecular formula is C30H39N7O3. The number of nitrogens with one attached hydrogen (secondary N) is 1. The maximum atomic E-state index is 13.7. The Bertz CT molecular complexity index is 1330. The van der Waals surface area contributed by atoms with Gasteiger partial charge in [-0.2, -0.15) is 0 Å². The summed E-state index contributed by atoms with van der Waals surface area (Å²) in [6, 6.07) is 4.29. The minimum atomic E-state index is -0.112. The molecule has 2 fully saturated rings. The van der Waals surface area contributed by atoms with Gasteiger partial charge in [0, 0.05) is 55.3 Å². The van der Waals surface area contributed by atoms with E-state index in [4.69, 9.17) is 19.4 Å². The largest absolute Gasteiger partial charge is 0.491 e. The van der Waals surface area contributed by atoms with Crippen LogP contribution < -0.4 is 10.1 Å². The normalized spacial score (nSPS) is 23.8. The van der Waals surface area contributed by atoms with E-state index >= 15 is 0 Å². The van der Waals surface area contributed by atoms with Crippen molar-refractivity contribution in [3.63, 3.8) is 0 Å². The van der Waals surface area contributed by atoms with Gasteiger partial charge in [0.2, 0.25) is 5.91 Å². The highest BCUT2D eigenvalue weighted by Gasteiger charge is 2.38. The zero-order chi connectivity index (χ0) is 27.5. The average Bonchev–Trinajstić information content (AvgIpc) is 3.44. The molecule has 2 aromatic heterocycles. The highest BCUT2D eigenvalue weighted by Crippen LogP contribution is 2.36. The number of hydrogen-bond donors (Lipinski definition) is 1. The molecule has 0 radical (unpaired) electrons. The second kappa shape index (κ2) is 12.0. The summed E-state index contributed by atoms with van der Waals surface area (Å²) in [7, 11) is 2.07. The van der Waals surface area contributed by atoms with E-state index in [1.807, 2.05) is 24.5 Å². The lowest BCUT2D eigenvalue weighted by Crippen LogP contribution is -2.54. The van der Waals surface area contributed by atoms with E-state index in [-0.39, 0.29) is 24.0 Å². The number of ether oxygens (including phenoxy) is 2. The first-order valence-corrected chi connectivity index (χ1v) is 14.7. The van der Waals surface area contributed by atoms with Gasteiger partial charge in [0.25, 0.3) is 0 Å².